The third-order valence-electron chi connectivity index (χ3n) is 5.76. The number of piperidine rings is 1. The summed E-state index contributed by atoms with van der Waals surface area (Å²) in [7, 11) is 2.24. The molecule has 136 valence electrons. The van der Waals surface area contributed by atoms with E-state index in [0.29, 0.717) is 17.2 Å². The van der Waals surface area contributed by atoms with Crippen LogP contribution in [-0.4, -0.2) is 22.7 Å². The van der Waals surface area contributed by atoms with Gasteiger partial charge in [-0.25, -0.2) is 5.43 Å². The van der Waals surface area contributed by atoms with E-state index in [1.165, 1.54) is 22.3 Å². The van der Waals surface area contributed by atoms with Crippen LogP contribution in [0.2, 0.25) is 0 Å². The van der Waals surface area contributed by atoms with Crippen LogP contribution in [0.15, 0.2) is 48.5 Å². The standard InChI is InChI=1S/C21H26N4S/c1-14-4-8-16(9-5-14)18-12-21(22-20(26)23-24-21)13-19(25(18)3)17-10-6-15(2)7-11-17/h4-11,18-19,24H,12-13H2,1-3H3,(H2,22,23,26). The van der Waals surface area contributed by atoms with E-state index in [2.05, 4.69) is 90.5 Å². The minimum Gasteiger partial charge on any atom is -0.342 e. The second kappa shape index (κ2) is 6.65. The summed E-state index contributed by atoms with van der Waals surface area (Å²) >= 11 is 5.35. The smallest absolute Gasteiger partial charge is 0.182 e. The first-order chi connectivity index (χ1) is 12.5. The minimum absolute atomic E-state index is 0.227. The van der Waals surface area contributed by atoms with Crippen LogP contribution in [0.5, 0.6) is 0 Å². The van der Waals surface area contributed by atoms with Crippen LogP contribution in [0, 0.1) is 13.8 Å². The highest BCUT2D eigenvalue weighted by Gasteiger charge is 2.47. The zero-order valence-electron chi connectivity index (χ0n) is 15.5. The van der Waals surface area contributed by atoms with Gasteiger partial charge in [-0.1, -0.05) is 59.7 Å². The summed E-state index contributed by atoms with van der Waals surface area (Å²) in [5.74, 6) is 0. The Hall–Kier alpha value is -1.95. The molecule has 5 heteroatoms. The molecule has 2 unspecified atom stereocenters. The summed E-state index contributed by atoms with van der Waals surface area (Å²) in [5.41, 5.74) is 11.6. The highest BCUT2D eigenvalue weighted by molar-refractivity contribution is 7.80. The zero-order valence-corrected chi connectivity index (χ0v) is 16.4. The van der Waals surface area contributed by atoms with Gasteiger partial charge in [0.25, 0.3) is 0 Å². The Balaban J connectivity index is 1.72. The van der Waals surface area contributed by atoms with Gasteiger partial charge in [-0.3, -0.25) is 10.3 Å². The number of aryl methyl sites for hydroxylation is 2. The Kier molecular flexibility index (Phi) is 4.47. The molecule has 0 radical (unpaired) electrons. The lowest BCUT2D eigenvalue weighted by atomic mass is 9.81. The molecule has 3 N–H and O–H groups in total. The molecular weight excluding hydrogens is 340 g/mol. The van der Waals surface area contributed by atoms with Crippen LogP contribution < -0.4 is 16.2 Å². The molecule has 0 aliphatic carbocycles. The highest BCUT2D eigenvalue weighted by Crippen LogP contribution is 2.44. The Morgan fingerprint density at radius 3 is 1.73 bits per heavy atom. The van der Waals surface area contributed by atoms with Gasteiger partial charge in [-0.05, 0) is 44.2 Å². The molecule has 4 rings (SSSR count). The lowest BCUT2D eigenvalue weighted by Crippen LogP contribution is -2.58. The number of hydrazine groups is 1. The predicted octanol–water partition coefficient (Wildman–Crippen LogP) is 3.49. The van der Waals surface area contributed by atoms with Gasteiger partial charge in [-0.15, -0.1) is 0 Å². The van der Waals surface area contributed by atoms with Gasteiger partial charge in [0.2, 0.25) is 0 Å². The lowest BCUT2D eigenvalue weighted by molar-refractivity contribution is 0.0404. The number of hydrogen-bond acceptors (Lipinski definition) is 3. The Labute approximate surface area is 160 Å². The van der Waals surface area contributed by atoms with E-state index < -0.39 is 0 Å². The summed E-state index contributed by atoms with van der Waals surface area (Å²) in [5, 5.41) is 4.18. The second-order valence-corrected chi connectivity index (χ2v) is 8.12. The second-order valence-electron chi connectivity index (χ2n) is 7.71. The molecule has 2 saturated heterocycles. The van der Waals surface area contributed by atoms with Gasteiger partial charge in [-0.2, -0.15) is 0 Å². The molecule has 2 aromatic carbocycles. The number of thiocarbonyl (C=S) groups is 1. The normalized spacial score (nSPS) is 28.8. The van der Waals surface area contributed by atoms with Crippen LogP contribution in [0.3, 0.4) is 0 Å². The van der Waals surface area contributed by atoms with E-state index in [1.54, 1.807) is 0 Å². The number of benzene rings is 2. The maximum atomic E-state index is 5.35. The number of hydrogen-bond donors (Lipinski definition) is 3. The van der Waals surface area contributed by atoms with Crippen molar-refractivity contribution >= 4 is 17.3 Å². The minimum atomic E-state index is -0.227. The summed E-state index contributed by atoms with van der Waals surface area (Å²) in [6.07, 6.45) is 1.89. The van der Waals surface area contributed by atoms with Crippen LogP contribution in [0.1, 0.15) is 47.2 Å². The summed E-state index contributed by atoms with van der Waals surface area (Å²) in [4.78, 5) is 2.51. The Morgan fingerprint density at radius 1 is 0.885 bits per heavy atom. The molecule has 4 nitrogen and oxygen atoms in total. The molecule has 0 bridgehead atoms. The Morgan fingerprint density at radius 2 is 1.35 bits per heavy atom. The summed E-state index contributed by atoms with van der Waals surface area (Å²) in [6, 6.07) is 18.4. The Bertz CT molecular complexity index is 744. The SMILES string of the molecule is Cc1ccc(C2CC3(CC(c4ccc(C)cc4)N2C)NNC(=S)N3)cc1. The zero-order chi connectivity index (χ0) is 18.3. The van der Waals surface area contributed by atoms with Crippen molar-refractivity contribution < 1.29 is 0 Å². The number of likely N-dealkylation sites (tertiary alicyclic amines) is 1. The molecule has 2 aliphatic heterocycles. The maximum Gasteiger partial charge on any atom is 0.182 e. The number of nitrogens with zero attached hydrogens (tertiary/aromatic N) is 1. The first-order valence-corrected chi connectivity index (χ1v) is 9.57. The van der Waals surface area contributed by atoms with Crippen molar-refractivity contribution in [1.82, 2.24) is 21.1 Å². The van der Waals surface area contributed by atoms with Crippen molar-refractivity contribution in [2.75, 3.05) is 7.05 Å². The molecule has 26 heavy (non-hydrogen) atoms. The third kappa shape index (κ3) is 3.22. The van der Waals surface area contributed by atoms with Gasteiger partial charge in [0, 0.05) is 24.9 Å². The maximum absolute atomic E-state index is 5.35. The highest BCUT2D eigenvalue weighted by atomic mass is 32.1. The van der Waals surface area contributed by atoms with E-state index in [0.717, 1.165) is 12.8 Å². The van der Waals surface area contributed by atoms with Gasteiger partial charge in [0.05, 0.1) is 0 Å². The first-order valence-electron chi connectivity index (χ1n) is 9.16. The van der Waals surface area contributed by atoms with E-state index in [1.807, 2.05) is 0 Å². The molecule has 2 atom stereocenters. The molecule has 2 fully saturated rings. The van der Waals surface area contributed by atoms with Crippen LogP contribution in [-0.2, 0) is 0 Å². The quantitative estimate of drug-likeness (QED) is 0.710. The van der Waals surface area contributed by atoms with Crippen molar-refractivity contribution in [3.05, 3.63) is 70.8 Å². The molecule has 2 heterocycles. The van der Waals surface area contributed by atoms with Gasteiger partial charge >= 0.3 is 0 Å². The average Bonchev–Trinajstić information content (AvgIpc) is 2.99. The van der Waals surface area contributed by atoms with Crippen molar-refractivity contribution in [2.24, 2.45) is 0 Å². The molecule has 1 spiro atoms. The largest absolute Gasteiger partial charge is 0.342 e. The first kappa shape index (κ1) is 17.5. The van der Waals surface area contributed by atoms with Crippen molar-refractivity contribution in [3.8, 4) is 0 Å². The van der Waals surface area contributed by atoms with Crippen LogP contribution >= 0.6 is 12.2 Å². The molecule has 2 aromatic rings. The van der Waals surface area contributed by atoms with Gasteiger partial charge in [0.15, 0.2) is 5.11 Å². The van der Waals surface area contributed by atoms with Crippen molar-refractivity contribution in [2.45, 2.75) is 44.4 Å². The van der Waals surface area contributed by atoms with Crippen LogP contribution in [0.4, 0.5) is 0 Å². The predicted molar refractivity (Wildman–Crippen MR) is 110 cm³/mol. The third-order valence-corrected chi connectivity index (χ3v) is 5.96. The molecule has 0 amide bonds. The van der Waals surface area contributed by atoms with Crippen molar-refractivity contribution in [3.63, 3.8) is 0 Å². The van der Waals surface area contributed by atoms with E-state index in [4.69, 9.17) is 12.2 Å². The fourth-order valence-electron chi connectivity index (χ4n) is 4.19. The van der Waals surface area contributed by atoms with Crippen LogP contribution in [0.25, 0.3) is 0 Å². The molecule has 2 aliphatic rings. The lowest BCUT2D eigenvalue weighted by Gasteiger charge is -2.48. The number of nitrogens with one attached hydrogen (secondary N) is 3. The van der Waals surface area contributed by atoms with Crippen molar-refractivity contribution in [1.29, 1.82) is 0 Å². The fraction of sp³-hybridized carbons (Fsp3) is 0.381. The monoisotopic (exact) mass is 366 g/mol. The van der Waals surface area contributed by atoms with E-state index >= 15 is 0 Å². The average molecular weight is 367 g/mol. The summed E-state index contributed by atoms with van der Waals surface area (Å²) in [6.45, 7) is 4.26. The number of rotatable bonds is 2. The van der Waals surface area contributed by atoms with Gasteiger partial charge in [0.1, 0.15) is 5.66 Å². The topological polar surface area (TPSA) is 39.3 Å². The fourth-order valence-corrected chi connectivity index (χ4v) is 4.44. The summed E-state index contributed by atoms with van der Waals surface area (Å²) < 4.78 is 0. The van der Waals surface area contributed by atoms with E-state index in [9.17, 15) is 0 Å². The molecule has 0 aromatic heterocycles. The molecule has 0 saturated carbocycles. The van der Waals surface area contributed by atoms with Gasteiger partial charge < -0.3 is 5.32 Å². The van der Waals surface area contributed by atoms with E-state index in [-0.39, 0.29) is 5.66 Å². The molecular formula is C21H26N4S.